The molecule has 0 atom stereocenters. The Morgan fingerprint density at radius 3 is 1.56 bits per heavy atom. The van der Waals surface area contributed by atoms with Crippen LogP contribution in [0, 0.1) is 0 Å². The molecule has 0 N–H and O–H groups in total. The van der Waals surface area contributed by atoms with Crippen LogP contribution in [0.25, 0.3) is 0 Å². The predicted molar refractivity (Wildman–Crippen MR) is 127 cm³/mol. The van der Waals surface area contributed by atoms with E-state index in [2.05, 4.69) is 41.7 Å². The number of halogens is 9. The summed E-state index contributed by atoms with van der Waals surface area (Å²) in [4.78, 5) is 0. The van der Waals surface area contributed by atoms with E-state index in [-0.39, 0.29) is 0 Å². The third-order valence-corrected chi connectivity index (χ3v) is 6.85. The van der Waals surface area contributed by atoms with Gasteiger partial charge < -0.3 is 4.55 Å². The topological polar surface area (TPSA) is 66.0 Å². The summed E-state index contributed by atoms with van der Waals surface area (Å²) in [5.74, 6) is -14.8. The van der Waals surface area contributed by atoms with Gasteiger partial charge in [-0.3, -0.25) is 0 Å². The molecule has 5 nitrogen and oxygen atoms in total. The number of imidazole rings is 1. The van der Waals surface area contributed by atoms with E-state index >= 15 is 0 Å². The summed E-state index contributed by atoms with van der Waals surface area (Å²) in [5.41, 5.74) is 0. The second kappa shape index (κ2) is 16.7. The van der Waals surface area contributed by atoms with Crippen LogP contribution < -0.4 is 4.57 Å². The lowest BCUT2D eigenvalue weighted by Gasteiger charge is -2.34. The molecular weight excluding hydrogens is 567 g/mol. The summed E-state index contributed by atoms with van der Waals surface area (Å²) in [6.45, 7) is 6.95. The first-order chi connectivity index (χ1) is 17.9. The van der Waals surface area contributed by atoms with Gasteiger partial charge in [0.05, 0.1) is 13.1 Å². The first-order valence-corrected chi connectivity index (χ1v) is 14.5. The SMILES string of the molecule is CCCCCCCCC[n+]1ccn(CCCCCCCC)c1.O=S(=O)([O-])C(F)(F)C(F)(F)C(F)(F)C(F)(F)F. The zero-order valence-electron chi connectivity index (χ0n) is 22.3. The van der Waals surface area contributed by atoms with Crippen LogP contribution in [0.5, 0.6) is 0 Å². The summed E-state index contributed by atoms with van der Waals surface area (Å²) in [6, 6.07) is 0. The number of hydrogen-bond donors (Lipinski definition) is 0. The molecule has 0 saturated heterocycles. The van der Waals surface area contributed by atoms with E-state index in [1.54, 1.807) is 0 Å². The number of unbranched alkanes of at least 4 members (excludes halogenated alkanes) is 11. The van der Waals surface area contributed by atoms with Crippen molar-refractivity contribution in [2.45, 2.75) is 134 Å². The second-order valence-corrected chi connectivity index (χ2v) is 10.8. The largest absolute Gasteiger partial charge is 0.743 e. The van der Waals surface area contributed by atoms with Crippen molar-refractivity contribution in [1.82, 2.24) is 4.57 Å². The van der Waals surface area contributed by atoms with E-state index in [9.17, 15) is 52.5 Å². The minimum absolute atomic E-state index is 1.19. The van der Waals surface area contributed by atoms with Crippen molar-refractivity contribution in [3.05, 3.63) is 18.7 Å². The average molecular weight is 607 g/mol. The number of hydrogen-bond acceptors (Lipinski definition) is 3. The van der Waals surface area contributed by atoms with Crippen LogP contribution in [0.15, 0.2) is 18.7 Å². The van der Waals surface area contributed by atoms with E-state index in [1.807, 2.05) is 0 Å². The number of rotatable bonds is 18. The van der Waals surface area contributed by atoms with Gasteiger partial charge in [-0.2, -0.15) is 39.5 Å². The molecule has 0 aliphatic rings. The van der Waals surface area contributed by atoms with Gasteiger partial charge in [-0.1, -0.05) is 71.6 Å². The second-order valence-electron chi connectivity index (χ2n) is 9.40. The molecule has 0 amide bonds. The third kappa shape index (κ3) is 11.9. The van der Waals surface area contributed by atoms with Crippen LogP contribution in [0.3, 0.4) is 0 Å². The van der Waals surface area contributed by atoms with Gasteiger partial charge in [0.15, 0.2) is 10.1 Å². The quantitative estimate of drug-likeness (QED) is 0.0740. The van der Waals surface area contributed by atoms with Crippen LogP contribution >= 0.6 is 0 Å². The molecule has 0 saturated carbocycles. The zero-order chi connectivity index (χ0) is 30.4. The minimum atomic E-state index is -7.43. The normalized spacial score (nSPS) is 13.3. The highest BCUT2D eigenvalue weighted by Gasteiger charge is 2.83. The molecule has 0 fully saturated rings. The van der Waals surface area contributed by atoms with Crippen LogP contribution in [-0.2, 0) is 23.2 Å². The molecule has 1 rings (SSSR count). The highest BCUT2D eigenvalue weighted by Crippen LogP contribution is 2.54. The van der Waals surface area contributed by atoms with Gasteiger partial charge >= 0.3 is 23.3 Å². The molecule has 0 aromatic carbocycles. The van der Waals surface area contributed by atoms with Gasteiger partial charge in [0, 0.05) is 0 Å². The maximum Gasteiger partial charge on any atom is 0.460 e. The van der Waals surface area contributed by atoms with Crippen molar-refractivity contribution >= 4 is 10.1 Å². The molecule has 1 aromatic heterocycles. The Morgan fingerprint density at radius 2 is 1.13 bits per heavy atom. The molecule has 0 radical (unpaired) electrons. The fourth-order valence-electron chi connectivity index (χ4n) is 3.55. The van der Waals surface area contributed by atoms with Crippen molar-refractivity contribution in [2.75, 3.05) is 0 Å². The van der Waals surface area contributed by atoms with E-state index in [0.29, 0.717) is 0 Å². The van der Waals surface area contributed by atoms with Crippen LogP contribution in [0.1, 0.15) is 97.3 Å². The lowest BCUT2D eigenvalue weighted by molar-refractivity contribution is -0.696. The monoisotopic (exact) mass is 606 g/mol. The molecule has 0 aliphatic carbocycles. The Bertz CT molecular complexity index is 905. The summed E-state index contributed by atoms with van der Waals surface area (Å²) in [6.07, 6.45) is 17.7. The van der Waals surface area contributed by atoms with E-state index in [4.69, 9.17) is 0 Å². The van der Waals surface area contributed by atoms with Gasteiger partial charge in [-0.25, -0.2) is 17.6 Å². The molecule has 0 aliphatic heterocycles. The highest BCUT2D eigenvalue weighted by molar-refractivity contribution is 7.86. The summed E-state index contributed by atoms with van der Waals surface area (Å²) in [5, 5.41) is -7.11. The molecule has 0 unspecified atom stereocenters. The van der Waals surface area contributed by atoms with E-state index in [0.717, 1.165) is 0 Å². The predicted octanol–water partition coefficient (Wildman–Crippen LogP) is 7.84. The van der Waals surface area contributed by atoms with Gasteiger partial charge in [-0.15, -0.1) is 0 Å². The smallest absolute Gasteiger partial charge is 0.460 e. The van der Waals surface area contributed by atoms with E-state index in [1.165, 1.54) is 96.6 Å². The maximum absolute atomic E-state index is 12.2. The molecule has 0 bridgehead atoms. The number of alkyl halides is 9. The van der Waals surface area contributed by atoms with E-state index < -0.39 is 33.4 Å². The minimum Gasteiger partial charge on any atom is -0.743 e. The summed E-state index contributed by atoms with van der Waals surface area (Å²) < 4.78 is 140. The number of aryl methyl sites for hydroxylation is 2. The summed E-state index contributed by atoms with van der Waals surface area (Å²) in [7, 11) is -7.42. The first-order valence-electron chi connectivity index (χ1n) is 13.1. The fraction of sp³-hybridized carbons (Fsp3) is 0.875. The maximum atomic E-state index is 12.2. The van der Waals surface area contributed by atoms with Crippen molar-refractivity contribution in [3.63, 3.8) is 0 Å². The van der Waals surface area contributed by atoms with Gasteiger partial charge in [0.1, 0.15) is 12.4 Å². The van der Waals surface area contributed by atoms with Gasteiger partial charge in [0.25, 0.3) is 0 Å². The number of aromatic nitrogens is 2. The Kier molecular flexibility index (Phi) is 16.0. The molecule has 1 aromatic rings. The van der Waals surface area contributed by atoms with Gasteiger partial charge in [-0.05, 0) is 25.7 Å². The molecular formula is C24H39F9N2O3S. The van der Waals surface area contributed by atoms with Crippen molar-refractivity contribution in [3.8, 4) is 0 Å². The average Bonchev–Trinajstić information content (AvgIpc) is 3.27. The lowest BCUT2D eigenvalue weighted by Crippen LogP contribution is -2.63. The Morgan fingerprint density at radius 1 is 0.692 bits per heavy atom. The van der Waals surface area contributed by atoms with Crippen molar-refractivity contribution in [2.24, 2.45) is 0 Å². The lowest BCUT2D eigenvalue weighted by atomic mass is 10.1. The van der Waals surface area contributed by atoms with Crippen LogP contribution in [0.2, 0.25) is 0 Å². The molecule has 0 spiro atoms. The fourth-order valence-corrected chi connectivity index (χ4v) is 3.99. The Hall–Kier alpha value is -1.51. The third-order valence-electron chi connectivity index (χ3n) is 5.97. The first kappa shape index (κ1) is 37.5. The molecule has 232 valence electrons. The van der Waals surface area contributed by atoms with Crippen LogP contribution in [-0.4, -0.2) is 40.8 Å². The Balaban J connectivity index is 0.000000768. The van der Waals surface area contributed by atoms with Crippen molar-refractivity contribution in [1.29, 1.82) is 0 Å². The standard InChI is InChI=1S/C20H39N2.C4HF9O3S/c1-3-5-7-9-11-13-15-17-22-19-18-21(20-22)16-14-12-10-8-6-4-2;5-1(6,3(9,10)11)2(7,8)4(12,13)17(14,15)16/h18-20H,3-17H2,1-2H3;(H,14,15,16)/q+1;/p-1. The molecule has 1 heterocycles. The molecule has 15 heteroatoms. The molecule has 39 heavy (non-hydrogen) atoms. The van der Waals surface area contributed by atoms with Gasteiger partial charge in [0.2, 0.25) is 6.33 Å². The Labute approximate surface area is 224 Å². The summed E-state index contributed by atoms with van der Waals surface area (Å²) >= 11 is 0. The highest BCUT2D eigenvalue weighted by atomic mass is 32.2. The zero-order valence-corrected chi connectivity index (χ0v) is 23.1. The van der Waals surface area contributed by atoms with Crippen LogP contribution in [0.4, 0.5) is 39.5 Å². The number of nitrogens with zero attached hydrogens (tertiary/aromatic N) is 2. The van der Waals surface area contributed by atoms with Crippen molar-refractivity contribution < 1.29 is 57.1 Å².